The standard InChI is InChI=1S/C23H23F2N5O3.H3O4P/c1-33-20-4-2-3-16(25)21(20)22-27-8-7-17(28-22)23(32)29-18-9-13(24)5-6-19(18)30-11-14(26)10-15(30)12-31;1-5(2,3)4/h2-9,14-15,31H,10-12,26H2,1H3,(H,29,32);(H3,1,2,3,4)/t14-,15-;/m0./s1. The van der Waals surface area contributed by atoms with Crippen molar-refractivity contribution in [1.29, 1.82) is 0 Å². The Balaban J connectivity index is 0.000000732. The number of aliphatic hydroxyl groups excluding tert-OH is 1. The lowest BCUT2D eigenvalue weighted by Crippen LogP contribution is -2.33. The van der Waals surface area contributed by atoms with Crippen molar-refractivity contribution in [1.82, 2.24) is 9.97 Å². The first-order valence-corrected chi connectivity index (χ1v) is 12.7. The zero-order chi connectivity index (χ0) is 28.0. The van der Waals surface area contributed by atoms with Gasteiger partial charge in [-0.05, 0) is 42.8 Å². The number of carbonyl (C=O) groups excluding carboxylic acids is 1. The van der Waals surface area contributed by atoms with Gasteiger partial charge in [0.15, 0.2) is 5.82 Å². The molecule has 0 spiro atoms. The van der Waals surface area contributed by atoms with E-state index in [-0.39, 0.29) is 47.2 Å². The van der Waals surface area contributed by atoms with Crippen molar-refractivity contribution in [3.05, 3.63) is 66.0 Å². The molecule has 204 valence electrons. The summed E-state index contributed by atoms with van der Waals surface area (Å²) in [5.41, 5.74) is 6.75. The van der Waals surface area contributed by atoms with Crippen LogP contribution in [0.2, 0.25) is 0 Å². The number of phosphoric acid groups is 1. The number of anilines is 2. The lowest BCUT2D eigenvalue weighted by atomic mass is 10.1. The molecule has 0 bridgehead atoms. The summed E-state index contributed by atoms with van der Waals surface area (Å²) in [6.07, 6.45) is 1.90. The SMILES string of the molecule is COc1cccc(F)c1-c1nccc(C(=O)Nc2cc(F)ccc2N2C[C@@H](N)C[C@H]2CO)n1.O=P(O)(O)O. The van der Waals surface area contributed by atoms with Crippen molar-refractivity contribution < 1.29 is 42.7 Å². The van der Waals surface area contributed by atoms with E-state index >= 15 is 0 Å². The zero-order valence-corrected chi connectivity index (χ0v) is 20.9. The van der Waals surface area contributed by atoms with Crippen LogP contribution < -0.4 is 20.7 Å². The maximum Gasteiger partial charge on any atom is 0.466 e. The Bertz CT molecular complexity index is 1330. The second-order valence-corrected chi connectivity index (χ2v) is 9.22. The Morgan fingerprint density at radius 1 is 1.24 bits per heavy atom. The van der Waals surface area contributed by atoms with Crippen molar-refractivity contribution in [2.24, 2.45) is 5.73 Å². The summed E-state index contributed by atoms with van der Waals surface area (Å²) in [7, 11) is -3.25. The van der Waals surface area contributed by atoms with Gasteiger partial charge in [0.25, 0.3) is 5.91 Å². The van der Waals surface area contributed by atoms with E-state index in [1.54, 1.807) is 6.07 Å². The molecule has 1 aliphatic rings. The molecule has 3 aromatic rings. The van der Waals surface area contributed by atoms with Gasteiger partial charge in [-0.1, -0.05) is 6.07 Å². The number of nitrogens with two attached hydrogens (primary N) is 1. The summed E-state index contributed by atoms with van der Waals surface area (Å²) in [4.78, 5) is 44.7. The van der Waals surface area contributed by atoms with Gasteiger partial charge in [0, 0.05) is 18.8 Å². The number of hydrogen-bond donors (Lipinski definition) is 6. The number of aliphatic hydroxyl groups is 1. The maximum absolute atomic E-state index is 14.4. The monoisotopic (exact) mass is 553 g/mol. The van der Waals surface area contributed by atoms with Crippen molar-refractivity contribution >= 4 is 25.1 Å². The van der Waals surface area contributed by atoms with Gasteiger partial charge in [-0.3, -0.25) is 4.79 Å². The second-order valence-electron chi connectivity index (χ2n) is 8.20. The molecule has 2 aromatic carbocycles. The minimum absolute atomic E-state index is 0.0251. The molecule has 7 N–H and O–H groups in total. The largest absolute Gasteiger partial charge is 0.496 e. The highest BCUT2D eigenvalue weighted by atomic mass is 31.2. The van der Waals surface area contributed by atoms with E-state index in [2.05, 4.69) is 15.3 Å². The highest BCUT2D eigenvalue weighted by molar-refractivity contribution is 7.45. The summed E-state index contributed by atoms with van der Waals surface area (Å²) in [6.45, 7) is 0.322. The average molecular weight is 553 g/mol. The number of nitrogens with one attached hydrogen (secondary N) is 1. The van der Waals surface area contributed by atoms with E-state index in [1.807, 2.05) is 4.90 Å². The molecule has 1 aromatic heterocycles. The average Bonchev–Trinajstić information content (AvgIpc) is 3.23. The Hall–Kier alpha value is -3.52. The Labute approximate surface area is 216 Å². The molecular formula is C23H26F2N5O7P. The summed E-state index contributed by atoms with van der Waals surface area (Å²) in [5, 5.41) is 12.4. The number of halogens is 2. The lowest BCUT2D eigenvalue weighted by Gasteiger charge is -2.27. The highest BCUT2D eigenvalue weighted by Crippen LogP contribution is 2.33. The van der Waals surface area contributed by atoms with E-state index < -0.39 is 25.4 Å². The summed E-state index contributed by atoms with van der Waals surface area (Å²) in [6, 6.07) is 9.25. The van der Waals surface area contributed by atoms with Crippen molar-refractivity contribution in [3.63, 3.8) is 0 Å². The van der Waals surface area contributed by atoms with Gasteiger partial charge >= 0.3 is 7.82 Å². The first kappa shape index (κ1) is 29.0. The van der Waals surface area contributed by atoms with Gasteiger partial charge in [-0.2, -0.15) is 0 Å². The molecule has 0 radical (unpaired) electrons. The predicted octanol–water partition coefficient (Wildman–Crippen LogP) is 1.65. The van der Waals surface area contributed by atoms with Gasteiger partial charge < -0.3 is 40.5 Å². The minimum atomic E-state index is -4.64. The molecule has 0 unspecified atom stereocenters. The van der Waals surface area contributed by atoms with Gasteiger partial charge in [-0.15, -0.1) is 0 Å². The van der Waals surface area contributed by atoms with Gasteiger partial charge in [0.05, 0.1) is 36.7 Å². The molecule has 15 heteroatoms. The van der Waals surface area contributed by atoms with E-state index in [9.17, 15) is 18.7 Å². The molecule has 0 aliphatic carbocycles. The Morgan fingerprint density at radius 3 is 2.61 bits per heavy atom. The van der Waals surface area contributed by atoms with Crippen LogP contribution in [-0.2, 0) is 4.57 Å². The topological polar surface area (TPSA) is 191 Å². The third-order valence-electron chi connectivity index (χ3n) is 5.48. The zero-order valence-electron chi connectivity index (χ0n) is 20.0. The number of benzene rings is 2. The molecule has 1 amide bonds. The Morgan fingerprint density at radius 2 is 1.95 bits per heavy atom. The highest BCUT2D eigenvalue weighted by Gasteiger charge is 2.31. The number of rotatable bonds is 6. The maximum atomic E-state index is 14.4. The molecule has 4 rings (SSSR count). The molecule has 2 heterocycles. The van der Waals surface area contributed by atoms with Crippen LogP contribution in [-0.4, -0.2) is 68.0 Å². The van der Waals surface area contributed by atoms with Crippen LogP contribution in [0.1, 0.15) is 16.9 Å². The van der Waals surface area contributed by atoms with Gasteiger partial charge in [-0.25, -0.2) is 23.3 Å². The number of nitrogens with zero attached hydrogens (tertiary/aromatic N) is 3. The minimum Gasteiger partial charge on any atom is -0.496 e. The van der Waals surface area contributed by atoms with Crippen LogP contribution >= 0.6 is 7.82 Å². The molecular weight excluding hydrogens is 527 g/mol. The number of hydrogen-bond acceptors (Lipinski definition) is 8. The number of methoxy groups -OCH3 is 1. The summed E-state index contributed by atoms with van der Waals surface area (Å²) < 4.78 is 42.5. The molecule has 2 atom stereocenters. The molecule has 1 aliphatic heterocycles. The normalized spacial score (nSPS) is 17.0. The molecule has 1 saturated heterocycles. The van der Waals surface area contributed by atoms with Crippen LogP contribution in [0, 0.1) is 11.6 Å². The molecule has 0 saturated carbocycles. The van der Waals surface area contributed by atoms with Crippen molar-refractivity contribution in [2.75, 3.05) is 30.5 Å². The van der Waals surface area contributed by atoms with Crippen LogP contribution in [0.4, 0.5) is 20.2 Å². The Kier molecular flexibility index (Phi) is 9.44. The number of ether oxygens (including phenoxy) is 1. The first-order valence-electron chi connectivity index (χ1n) is 11.1. The third-order valence-corrected chi connectivity index (χ3v) is 5.48. The van der Waals surface area contributed by atoms with Crippen molar-refractivity contribution in [3.8, 4) is 17.1 Å². The number of carbonyl (C=O) groups is 1. The first-order chi connectivity index (χ1) is 17.9. The summed E-state index contributed by atoms with van der Waals surface area (Å²) in [5.74, 6) is -1.58. The smallest absolute Gasteiger partial charge is 0.466 e. The fourth-order valence-corrected chi connectivity index (χ4v) is 3.96. The number of aromatic nitrogens is 2. The number of amides is 1. The van der Waals surface area contributed by atoms with E-state index in [0.29, 0.717) is 18.7 Å². The lowest BCUT2D eigenvalue weighted by molar-refractivity contribution is 0.102. The van der Waals surface area contributed by atoms with Crippen LogP contribution in [0.3, 0.4) is 0 Å². The van der Waals surface area contributed by atoms with E-state index in [0.717, 1.165) is 0 Å². The fourth-order valence-electron chi connectivity index (χ4n) is 3.96. The molecule has 12 nitrogen and oxygen atoms in total. The summed E-state index contributed by atoms with van der Waals surface area (Å²) >= 11 is 0. The predicted molar refractivity (Wildman–Crippen MR) is 133 cm³/mol. The van der Waals surface area contributed by atoms with Gasteiger partial charge in [0.1, 0.15) is 23.1 Å². The second kappa shape index (κ2) is 12.3. The molecule has 38 heavy (non-hydrogen) atoms. The molecule has 1 fully saturated rings. The van der Waals surface area contributed by atoms with Crippen LogP contribution in [0.15, 0.2) is 48.7 Å². The third kappa shape index (κ3) is 7.51. The van der Waals surface area contributed by atoms with E-state index in [1.165, 1.54) is 49.7 Å². The van der Waals surface area contributed by atoms with Gasteiger partial charge in [0.2, 0.25) is 0 Å². The van der Waals surface area contributed by atoms with E-state index in [4.69, 9.17) is 29.7 Å². The quantitative estimate of drug-likeness (QED) is 0.243. The van der Waals surface area contributed by atoms with Crippen LogP contribution in [0.5, 0.6) is 5.75 Å². The van der Waals surface area contributed by atoms with Crippen molar-refractivity contribution in [2.45, 2.75) is 18.5 Å². The fraction of sp³-hybridized carbons (Fsp3) is 0.261. The van der Waals surface area contributed by atoms with Crippen LogP contribution in [0.25, 0.3) is 11.4 Å².